The molecule has 29 heavy (non-hydrogen) atoms. The summed E-state index contributed by atoms with van der Waals surface area (Å²) >= 11 is 1.23. The van der Waals surface area contributed by atoms with E-state index >= 15 is 0 Å². The molecule has 3 aromatic rings. The molecule has 0 bridgehead atoms. The first-order valence-electron chi connectivity index (χ1n) is 8.88. The molecule has 1 heterocycles. The van der Waals surface area contributed by atoms with E-state index in [-0.39, 0.29) is 17.2 Å². The third kappa shape index (κ3) is 5.20. The lowest BCUT2D eigenvalue weighted by Crippen LogP contribution is -2.29. The van der Waals surface area contributed by atoms with Gasteiger partial charge in [0.15, 0.2) is 11.0 Å². The molecule has 2 aromatic carbocycles. The lowest BCUT2D eigenvalue weighted by molar-refractivity contribution is -0.113. The number of nitrogens with one attached hydrogen (secondary N) is 2. The van der Waals surface area contributed by atoms with Gasteiger partial charge in [0, 0.05) is 12.7 Å². The minimum absolute atomic E-state index is 0.0336. The Balaban J connectivity index is 1.59. The largest absolute Gasteiger partial charge is 0.342 e. The highest BCUT2D eigenvalue weighted by atomic mass is 32.2. The van der Waals surface area contributed by atoms with Crippen LogP contribution in [0.25, 0.3) is 0 Å². The van der Waals surface area contributed by atoms with Crippen LogP contribution >= 0.6 is 11.8 Å². The average molecular weight is 413 g/mol. The first-order valence-corrected chi connectivity index (χ1v) is 9.86. The second-order valence-corrected chi connectivity index (χ2v) is 7.22. The third-order valence-electron chi connectivity index (χ3n) is 4.11. The number of hydrogen-bond donors (Lipinski definition) is 2. The highest BCUT2D eigenvalue weighted by Gasteiger charge is 2.20. The fourth-order valence-electron chi connectivity index (χ4n) is 2.66. The molecule has 2 amide bonds. The van der Waals surface area contributed by atoms with Crippen LogP contribution in [0.5, 0.6) is 0 Å². The van der Waals surface area contributed by atoms with Crippen LogP contribution in [-0.2, 0) is 11.8 Å². The Morgan fingerprint density at radius 2 is 1.79 bits per heavy atom. The minimum atomic E-state index is -0.587. The molecule has 0 saturated carbocycles. The number of carbonyl (C=O) groups is 2. The smallest absolute Gasteiger partial charge is 0.254 e. The molecule has 0 saturated heterocycles. The molecule has 9 heteroatoms. The summed E-state index contributed by atoms with van der Waals surface area (Å²) in [5, 5.41) is 14.2. The second-order valence-electron chi connectivity index (χ2n) is 6.28. The monoisotopic (exact) mass is 413 g/mol. The summed E-state index contributed by atoms with van der Waals surface area (Å²) in [6.45, 7) is 1.74. The molecule has 0 radical (unpaired) electrons. The maximum Gasteiger partial charge on any atom is 0.254 e. The molecule has 0 unspecified atom stereocenters. The molecule has 0 aliphatic carbocycles. The standard InChI is InChI=1S/C20H20FN5O2S/c1-13(22-19(28)15-10-6-7-11-16(15)21)18-24-25-20(26(18)2)29-12-17(27)23-14-8-4-3-5-9-14/h3-11,13H,12H2,1-2H3,(H,22,28)(H,23,27)/t13-/m0/s1. The molecule has 0 fully saturated rings. The van der Waals surface area contributed by atoms with Gasteiger partial charge in [-0.1, -0.05) is 42.1 Å². The van der Waals surface area contributed by atoms with Gasteiger partial charge in [-0.15, -0.1) is 10.2 Å². The zero-order valence-electron chi connectivity index (χ0n) is 15.9. The summed E-state index contributed by atoms with van der Waals surface area (Å²) < 4.78 is 15.5. The predicted octanol–water partition coefficient (Wildman–Crippen LogP) is 3.18. The Kier molecular flexibility index (Phi) is 6.61. The molecular weight excluding hydrogens is 393 g/mol. The molecule has 3 rings (SSSR count). The molecule has 7 nitrogen and oxygen atoms in total. The number of aromatic nitrogens is 3. The molecule has 0 aliphatic heterocycles. The highest BCUT2D eigenvalue weighted by molar-refractivity contribution is 7.99. The summed E-state index contributed by atoms with van der Waals surface area (Å²) in [5.74, 6) is -0.616. The zero-order chi connectivity index (χ0) is 20.8. The van der Waals surface area contributed by atoms with E-state index in [1.807, 2.05) is 30.3 Å². The van der Waals surface area contributed by atoms with Gasteiger partial charge in [-0.2, -0.15) is 0 Å². The van der Waals surface area contributed by atoms with Crippen LogP contribution in [-0.4, -0.2) is 32.3 Å². The van der Waals surface area contributed by atoms with Crippen LogP contribution in [0.4, 0.5) is 10.1 Å². The summed E-state index contributed by atoms with van der Waals surface area (Å²) in [7, 11) is 1.75. The summed E-state index contributed by atoms with van der Waals surface area (Å²) in [5.41, 5.74) is 0.690. The van der Waals surface area contributed by atoms with Crippen molar-refractivity contribution in [2.45, 2.75) is 18.1 Å². The van der Waals surface area contributed by atoms with Crippen molar-refractivity contribution in [3.8, 4) is 0 Å². The zero-order valence-corrected chi connectivity index (χ0v) is 16.7. The van der Waals surface area contributed by atoms with Crippen molar-refractivity contribution < 1.29 is 14.0 Å². The fourth-order valence-corrected chi connectivity index (χ4v) is 3.38. The normalized spacial score (nSPS) is 11.7. The molecule has 150 valence electrons. The van der Waals surface area contributed by atoms with Gasteiger partial charge in [-0.05, 0) is 31.2 Å². The van der Waals surface area contributed by atoms with Crippen LogP contribution in [0.2, 0.25) is 0 Å². The number of para-hydroxylation sites is 1. The van der Waals surface area contributed by atoms with E-state index < -0.39 is 17.8 Å². The van der Waals surface area contributed by atoms with E-state index in [4.69, 9.17) is 0 Å². The number of anilines is 1. The average Bonchev–Trinajstić information content (AvgIpc) is 3.08. The van der Waals surface area contributed by atoms with Crippen molar-refractivity contribution in [2.24, 2.45) is 7.05 Å². The van der Waals surface area contributed by atoms with E-state index in [0.717, 1.165) is 5.69 Å². The van der Waals surface area contributed by atoms with Crippen molar-refractivity contribution in [2.75, 3.05) is 11.1 Å². The Bertz CT molecular complexity index is 1010. The Hall–Kier alpha value is -3.20. The van der Waals surface area contributed by atoms with Gasteiger partial charge in [-0.25, -0.2) is 4.39 Å². The quantitative estimate of drug-likeness (QED) is 0.581. The van der Waals surface area contributed by atoms with Crippen LogP contribution in [0.3, 0.4) is 0 Å². The SMILES string of the molecule is C[C@H](NC(=O)c1ccccc1F)c1nnc(SCC(=O)Nc2ccccc2)n1C. The summed E-state index contributed by atoms with van der Waals surface area (Å²) in [6, 6.07) is 14.5. The lowest BCUT2D eigenvalue weighted by atomic mass is 10.2. The second kappa shape index (κ2) is 9.33. The van der Waals surface area contributed by atoms with Gasteiger partial charge < -0.3 is 15.2 Å². The van der Waals surface area contributed by atoms with Gasteiger partial charge in [-0.3, -0.25) is 9.59 Å². The van der Waals surface area contributed by atoms with Crippen molar-refractivity contribution in [3.63, 3.8) is 0 Å². The Labute approximate surface area is 171 Å². The summed E-state index contributed by atoms with van der Waals surface area (Å²) in [4.78, 5) is 24.4. The maximum atomic E-state index is 13.8. The number of amides is 2. The highest BCUT2D eigenvalue weighted by Crippen LogP contribution is 2.20. The van der Waals surface area contributed by atoms with Gasteiger partial charge in [0.05, 0.1) is 17.4 Å². The molecule has 0 spiro atoms. The van der Waals surface area contributed by atoms with Gasteiger partial charge in [0.1, 0.15) is 5.82 Å². The van der Waals surface area contributed by atoms with Crippen LogP contribution in [0.1, 0.15) is 29.1 Å². The van der Waals surface area contributed by atoms with Gasteiger partial charge in [0.2, 0.25) is 5.91 Å². The van der Waals surface area contributed by atoms with Crippen LogP contribution in [0.15, 0.2) is 59.8 Å². The van der Waals surface area contributed by atoms with E-state index in [9.17, 15) is 14.0 Å². The summed E-state index contributed by atoms with van der Waals surface area (Å²) in [6.07, 6.45) is 0. The molecule has 1 atom stereocenters. The first-order chi connectivity index (χ1) is 14.0. The predicted molar refractivity (Wildman–Crippen MR) is 109 cm³/mol. The van der Waals surface area contributed by atoms with Gasteiger partial charge in [0.25, 0.3) is 5.91 Å². The maximum absolute atomic E-state index is 13.8. The van der Waals surface area contributed by atoms with E-state index in [1.165, 1.54) is 30.0 Å². The number of thioether (sulfide) groups is 1. The lowest BCUT2D eigenvalue weighted by Gasteiger charge is -2.14. The number of nitrogens with zero attached hydrogens (tertiary/aromatic N) is 3. The molecule has 1 aromatic heterocycles. The number of rotatable bonds is 7. The third-order valence-corrected chi connectivity index (χ3v) is 5.13. The number of hydrogen-bond acceptors (Lipinski definition) is 5. The molecule has 2 N–H and O–H groups in total. The number of carbonyl (C=O) groups excluding carboxylic acids is 2. The van der Waals surface area contributed by atoms with E-state index in [2.05, 4.69) is 20.8 Å². The topological polar surface area (TPSA) is 88.9 Å². The first kappa shape index (κ1) is 20.5. The Morgan fingerprint density at radius 3 is 2.52 bits per heavy atom. The molecular formula is C20H20FN5O2S. The van der Waals surface area contributed by atoms with Crippen LogP contribution in [0, 0.1) is 5.82 Å². The van der Waals surface area contributed by atoms with Crippen LogP contribution < -0.4 is 10.6 Å². The van der Waals surface area contributed by atoms with Crippen molar-refractivity contribution >= 4 is 29.3 Å². The number of benzene rings is 2. The number of halogens is 1. The Morgan fingerprint density at radius 1 is 1.10 bits per heavy atom. The van der Waals surface area contributed by atoms with Crippen molar-refractivity contribution in [1.29, 1.82) is 0 Å². The van der Waals surface area contributed by atoms with Crippen molar-refractivity contribution in [3.05, 3.63) is 71.8 Å². The van der Waals surface area contributed by atoms with E-state index in [0.29, 0.717) is 11.0 Å². The molecule has 0 aliphatic rings. The van der Waals surface area contributed by atoms with Crippen molar-refractivity contribution in [1.82, 2.24) is 20.1 Å². The fraction of sp³-hybridized carbons (Fsp3) is 0.200. The van der Waals surface area contributed by atoms with E-state index in [1.54, 1.807) is 24.6 Å². The minimum Gasteiger partial charge on any atom is -0.342 e. The van der Waals surface area contributed by atoms with Gasteiger partial charge >= 0.3 is 0 Å².